The molecule has 0 bridgehead atoms. The maximum atomic E-state index is 6.18. The Labute approximate surface area is 111 Å². The maximum Gasteiger partial charge on any atom is 0.143 e. The van der Waals surface area contributed by atoms with E-state index in [-0.39, 0.29) is 0 Å². The van der Waals surface area contributed by atoms with E-state index in [0.29, 0.717) is 0 Å². The largest absolute Gasteiger partial charge is 0.455 e. The van der Waals surface area contributed by atoms with Crippen LogP contribution in [-0.2, 0) is 0 Å². The molecular formula is C18H14O. The molecule has 0 atom stereocenters. The molecule has 0 amide bonds. The zero-order valence-electron chi connectivity index (χ0n) is 11.0. The molecule has 0 N–H and O–H groups in total. The number of furan rings is 1. The lowest BCUT2D eigenvalue weighted by atomic mass is 10.0. The molecule has 0 fully saturated rings. The van der Waals surface area contributed by atoms with Gasteiger partial charge in [0.25, 0.3) is 0 Å². The first-order valence-corrected chi connectivity index (χ1v) is 6.56. The molecule has 19 heavy (non-hydrogen) atoms. The second-order valence-corrected chi connectivity index (χ2v) is 5.15. The van der Waals surface area contributed by atoms with Gasteiger partial charge >= 0.3 is 0 Å². The van der Waals surface area contributed by atoms with Crippen molar-refractivity contribution in [2.75, 3.05) is 0 Å². The summed E-state index contributed by atoms with van der Waals surface area (Å²) in [6.45, 7) is 4.25. The van der Waals surface area contributed by atoms with Crippen molar-refractivity contribution in [3.8, 4) is 0 Å². The van der Waals surface area contributed by atoms with E-state index in [0.717, 1.165) is 11.2 Å². The van der Waals surface area contributed by atoms with Crippen molar-refractivity contribution in [1.82, 2.24) is 0 Å². The Morgan fingerprint density at radius 2 is 1.42 bits per heavy atom. The van der Waals surface area contributed by atoms with Crippen molar-refractivity contribution in [2.45, 2.75) is 13.8 Å². The van der Waals surface area contributed by atoms with Crippen LogP contribution >= 0.6 is 0 Å². The molecule has 1 heterocycles. The molecule has 0 spiro atoms. The maximum absolute atomic E-state index is 6.18. The van der Waals surface area contributed by atoms with Gasteiger partial charge in [0.05, 0.1) is 0 Å². The summed E-state index contributed by atoms with van der Waals surface area (Å²) in [6, 6.07) is 17.0. The highest BCUT2D eigenvalue weighted by Gasteiger charge is 2.12. The van der Waals surface area contributed by atoms with Crippen molar-refractivity contribution < 1.29 is 4.42 Å². The number of hydrogen-bond acceptors (Lipinski definition) is 1. The SMILES string of the molecule is Cc1ccc2c(oc3c4ccccc4ccc23)c1C. The molecule has 0 saturated carbocycles. The smallest absolute Gasteiger partial charge is 0.143 e. The number of hydrogen-bond donors (Lipinski definition) is 0. The predicted octanol–water partition coefficient (Wildman–Crippen LogP) is 5.36. The van der Waals surface area contributed by atoms with E-state index >= 15 is 0 Å². The Bertz CT molecular complexity index is 929. The molecule has 0 radical (unpaired) electrons. The summed E-state index contributed by atoms with van der Waals surface area (Å²) in [6.07, 6.45) is 0. The molecule has 0 aliphatic heterocycles. The van der Waals surface area contributed by atoms with Gasteiger partial charge in [-0.2, -0.15) is 0 Å². The van der Waals surface area contributed by atoms with Crippen LogP contribution in [0.3, 0.4) is 0 Å². The van der Waals surface area contributed by atoms with Crippen LogP contribution in [-0.4, -0.2) is 0 Å². The summed E-state index contributed by atoms with van der Waals surface area (Å²) in [7, 11) is 0. The number of fused-ring (bicyclic) bond motifs is 5. The summed E-state index contributed by atoms with van der Waals surface area (Å²) < 4.78 is 6.18. The van der Waals surface area contributed by atoms with Gasteiger partial charge in [-0.3, -0.25) is 0 Å². The lowest BCUT2D eigenvalue weighted by molar-refractivity contribution is 0.669. The molecular weight excluding hydrogens is 232 g/mol. The van der Waals surface area contributed by atoms with Crippen LogP contribution in [0.15, 0.2) is 52.9 Å². The Morgan fingerprint density at radius 1 is 0.684 bits per heavy atom. The van der Waals surface area contributed by atoms with Crippen LogP contribution in [0.4, 0.5) is 0 Å². The van der Waals surface area contributed by atoms with Crippen molar-refractivity contribution >= 4 is 32.7 Å². The fraction of sp³-hybridized carbons (Fsp3) is 0.111. The van der Waals surface area contributed by atoms with Crippen molar-refractivity contribution in [1.29, 1.82) is 0 Å². The van der Waals surface area contributed by atoms with E-state index in [1.165, 1.54) is 32.7 Å². The minimum absolute atomic E-state index is 1.00. The number of benzene rings is 3. The lowest BCUT2D eigenvalue weighted by Crippen LogP contribution is -1.79. The summed E-state index contributed by atoms with van der Waals surface area (Å²) in [5.41, 5.74) is 4.53. The minimum atomic E-state index is 1.00. The average Bonchev–Trinajstić information content (AvgIpc) is 2.83. The predicted molar refractivity (Wildman–Crippen MR) is 80.7 cm³/mol. The Balaban J connectivity index is 2.30. The van der Waals surface area contributed by atoms with Gasteiger partial charge in [0.1, 0.15) is 11.2 Å². The van der Waals surface area contributed by atoms with Gasteiger partial charge in [0.15, 0.2) is 0 Å². The molecule has 0 saturated heterocycles. The van der Waals surface area contributed by atoms with Crippen molar-refractivity contribution in [2.24, 2.45) is 0 Å². The number of aryl methyl sites for hydroxylation is 2. The normalized spacial score (nSPS) is 11.7. The van der Waals surface area contributed by atoms with Gasteiger partial charge in [-0.1, -0.05) is 42.5 Å². The van der Waals surface area contributed by atoms with E-state index in [2.05, 4.69) is 62.4 Å². The molecule has 4 aromatic rings. The van der Waals surface area contributed by atoms with Crippen LogP contribution in [0.25, 0.3) is 32.7 Å². The zero-order chi connectivity index (χ0) is 13.0. The third-order valence-electron chi connectivity index (χ3n) is 4.05. The van der Waals surface area contributed by atoms with E-state index < -0.39 is 0 Å². The summed E-state index contributed by atoms with van der Waals surface area (Å²) in [4.78, 5) is 0. The Kier molecular flexibility index (Phi) is 2.02. The fourth-order valence-electron chi connectivity index (χ4n) is 2.80. The van der Waals surface area contributed by atoms with Gasteiger partial charge in [-0.15, -0.1) is 0 Å². The molecule has 4 rings (SSSR count). The van der Waals surface area contributed by atoms with Crippen LogP contribution in [0, 0.1) is 13.8 Å². The minimum Gasteiger partial charge on any atom is -0.455 e. The molecule has 1 aromatic heterocycles. The Morgan fingerprint density at radius 3 is 2.32 bits per heavy atom. The molecule has 0 aliphatic rings. The van der Waals surface area contributed by atoms with E-state index in [9.17, 15) is 0 Å². The second-order valence-electron chi connectivity index (χ2n) is 5.15. The van der Waals surface area contributed by atoms with E-state index in [1.54, 1.807) is 0 Å². The van der Waals surface area contributed by atoms with Gasteiger partial charge in [-0.25, -0.2) is 0 Å². The molecule has 92 valence electrons. The van der Waals surface area contributed by atoms with Crippen molar-refractivity contribution in [3.63, 3.8) is 0 Å². The highest BCUT2D eigenvalue weighted by Crippen LogP contribution is 2.35. The standard InChI is InChI=1S/C18H14O/c1-11-7-9-15-16-10-8-13-5-3-4-6-14(13)18(16)19-17(15)12(11)2/h3-10H,1-2H3. The topological polar surface area (TPSA) is 13.1 Å². The molecule has 0 aliphatic carbocycles. The van der Waals surface area contributed by atoms with Crippen LogP contribution < -0.4 is 0 Å². The Hall–Kier alpha value is -2.28. The summed E-state index contributed by atoms with van der Waals surface area (Å²) >= 11 is 0. The summed E-state index contributed by atoms with van der Waals surface area (Å²) in [5.74, 6) is 0. The average molecular weight is 246 g/mol. The first kappa shape index (κ1) is 10.6. The second kappa shape index (κ2) is 3.61. The number of rotatable bonds is 0. The third-order valence-corrected chi connectivity index (χ3v) is 4.05. The van der Waals surface area contributed by atoms with Gasteiger partial charge in [0.2, 0.25) is 0 Å². The van der Waals surface area contributed by atoms with Gasteiger partial charge in [0, 0.05) is 16.2 Å². The van der Waals surface area contributed by atoms with Crippen molar-refractivity contribution in [3.05, 3.63) is 59.7 Å². The quantitative estimate of drug-likeness (QED) is 0.407. The van der Waals surface area contributed by atoms with Gasteiger partial charge in [-0.05, 0) is 36.4 Å². The van der Waals surface area contributed by atoms with Crippen LogP contribution in [0.5, 0.6) is 0 Å². The summed E-state index contributed by atoms with van der Waals surface area (Å²) in [5, 5.41) is 4.83. The molecule has 1 heteroatoms. The van der Waals surface area contributed by atoms with E-state index in [4.69, 9.17) is 4.42 Å². The first-order valence-electron chi connectivity index (χ1n) is 6.56. The van der Waals surface area contributed by atoms with E-state index in [1.807, 2.05) is 0 Å². The van der Waals surface area contributed by atoms with Gasteiger partial charge < -0.3 is 4.42 Å². The molecule has 0 unspecified atom stereocenters. The highest BCUT2D eigenvalue weighted by atomic mass is 16.3. The highest BCUT2D eigenvalue weighted by molar-refractivity contribution is 6.15. The third kappa shape index (κ3) is 1.36. The van der Waals surface area contributed by atoms with Crippen LogP contribution in [0.2, 0.25) is 0 Å². The van der Waals surface area contributed by atoms with Crippen LogP contribution in [0.1, 0.15) is 11.1 Å². The first-order chi connectivity index (χ1) is 9.25. The molecule has 1 nitrogen and oxygen atoms in total. The lowest BCUT2D eigenvalue weighted by Gasteiger charge is -1.98. The monoisotopic (exact) mass is 246 g/mol. The fourth-order valence-corrected chi connectivity index (χ4v) is 2.80. The zero-order valence-corrected chi connectivity index (χ0v) is 11.0. The molecule has 3 aromatic carbocycles.